The molecule has 1 atom stereocenters. The molecule has 0 bridgehead atoms. The summed E-state index contributed by atoms with van der Waals surface area (Å²) in [5.74, 6) is 0. The van der Waals surface area contributed by atoms with Gasteiger partial charge in [0.1, 0.15) is 14.5 Å². The van der Waals surface area contributed by atoms with Gasteiger partial charge in [0.25, 0.3) is 17.1 Å². The molecule has 13 nitrogen and oxygen atoms in total. The molecule has 0 spiro atoms. The lowest BCUT2D eigenvalue weighted by Crippen LogP contribution is -2.60. The van der Waals surface area contributed by atoms with Crippen molar-refractivity contribution in [3.05, 3.63) is 132 Å². The molecule has 0 fully saturated rings. The number of allylic oxidation sites excluding steroid dienone is 3. The van der Waals surface area contributed by atoms with Gasteiger partial charge in [-0.25, -0.2) is 0 Å². The van der Waals surface area contributed by atoms with Crippen molar-refractivity contribution >= 4 is 43.2 Å². The molecule has 0 N–H and O–H groups in total. The average Bonchev–Trinajstić information content (AvgIpc) is 2.88. The van der Waals surface area contributed by atoms with Crippen LogP contribution in [0.2, 0.25) is 0 Å². The lowest BCUT2D eigenvalue weighted by molar-refractivity contribution is -1.91. The lowest BCUT2D eigenvalue weighted by atomic mass is 10.00. The van der Waals surface area contributed by atoms with E-state index in [0.29, 0.717) is 11.1 Å². The predicted octanol–water partition coefficient (Wildman–Crippen LogP) is 2.17. The highest BCUT2D eigenvalue weighted by molar-refractivity contribution is 8.20. The van der Waals surface area contributed by atoms with Crippen LogP contribution < -0.4 is 14.0 Å². The van der Waals surface area contributed by atoms with Crippen LogP contribution >= 0.6 is 10.8 Å². The summed E-state index contributed by atoms with van der Waals surface area (Å²) in [6.07, 6.45) is 2.87. The van der Waals surface area contributed by atoms with E-state index in [2.05, 4.69) is 0 Å². The Morgan fingerprint density at radius 3 is 1.68 bits per heavy atom. The quantitative estimate of drug-likeness (QED) is 0.223. The number of non-ortho nitro benzene ring substituents is 3. The molecule has 3 aromatic carbocycles. The minimum Gasteiger partial charge on any atom is -0.258 e. The zero-order valence-electron chi connectivity index (χ0n) is 18.8. The Morgan fingerprint density at radius 1 is 0.632 bits per heavy atom. The summed E-state index contributed by atoms with van der Waals surface area (Å²) in [4.78, 5) is 32.0. The molecule has 15 heteroatoms. The van der Waals surface area contributed by atoms with E-state index >= 15 is 0 Å². The highest BCUT2D eigenvalue weighted by Crippen LogP contribution is 2.45. The van der Waals surface area contributed by atoms with Crippen molar-refractivity contribution in [3.63, 3.8) is 0 Å². The minimum absolute atomic E-state index is 0.0537. The van der Waals surface area contributed by atoms with Gasteiger partial charge in [0.15, 0.2) is 0 Å². The average molecular weight is 560 g/mol. The van der Waals surface area contributed by atoms with Gasteiger partial charge in [-0.3, -0.25) is 30.3 Å². The Kier molecular flexibility index (Phi) is 7.45. The van der Waals surface area contributed by atoms with Gasteiger partial charge in [-0.05, 0) is 46.5 Å². The van der Waals surface area contributed by atoms with Crippen LogP contribution in [0.4, 0.5) is 17.1 Å². The maximum absolute atomic E-state index is 11.7. The van der Waals surface area contributed by atoms with E-state index in [0.717, 1.165) is 12.1 Å². The number of halogens is 1. The van der Waals surface area contributed by atoms with Crippen LogP contribution in [0.3, 0.4) is 0 Å². The predicted molar refractivity (Wildman–Crippen MR) is 128 cm³/mol. The second kappa shape index (κ2) is 10.6. The first-order valence-electron chi connectivity index (χ1n) is 10.3. The van der Waals surface area contributed by atoms with Crippen molar-refractivity contribution in [1.82, 2.24) is 0 Å². The minimum atomic E-state index is -5.01. The SMILES string of the molecule is O=[N+]([O-])c1ccc(C2=CC(c3cccc([N+](=O)[O-])c3)=S(O[Cl+3]([O-])([O-])[O-])C(c3cccc([N+](=O)[O-])c3)=C2)cc1. The summed E-state index contributed by atoms with van der Waals surface area (Å²) >= 11 is 0. The van der Waals surface area contributed by atoms with Crippen LogP contribution in [-0.4, -0.2) is 19.6 Å². The normalized spacial score (nSPS) is 15.4. The van der Waals surface area contributed by atoms with Crippen LogP contribution in [0.5, 0.6) is 0 Å². The standard InChI is InChI=1S/C23H14ClN3O10S/c28-24(29,30)37-38-22(16-3-1-5-20(11-16)26(33)34)13-18(15-7-9-19(10-8-15)25(31)32)14-23(38)17-4-2-6-21(12-17)27(35)36/h1-14H. The molecule has 38 heavy (non-hydrogen) atoms. The maximum atomic E-state index is 11.7. The first kappa shape index (κ1) is 26.7. The first-order valence-corrected chi connectivity index (χ1v) is 12.7. The maximum Gasteiger partial charge on any atom is 0.270 e. The van der Waals surface area contributed by atoms with E-state index < -0.39 is 35.8 Å². The smallest absolute Gasteiger partial charge is 0.258 e. The van der Waals surface area contributed by atoms with Crippen LogP contribution in [-0.2, 0) is 3.74 Å². The van der Waals surface area contributed by atoms with Crippen molar-refractivity contribution in [1.29, 1.82) is 0 Å². The largest absolute Gasteiger partial charge is 0.270 e. The number of nitrogens with zero attached hydrogens (tertiary/aromatic N) is 3. The number of benzene rings is 3. The van der Waals surface area contributed by atoms with Gasteiger partial charge in [0.05, 0.1) is 34.8 Å². The molecule has 194 valence electrons. The van der Waals surface area contributed by atoms with Crippen LogP contribution in [0, 0.1) is 40.6 Å². The van der Waals surface area contributed by atoms with Gasteiger partial charge < -0.3 is 0 Å². The number of nitro groups is 3. The molecule has 0 saturated heterocycles. The Labute approximate surface area is 217 Å². The molecule has 0 radical (unpaired) electrons. The van der Waals surface area contributed by atoms with Gasteiger partial charge in [-0.2, -0.15) is 14.0 Å². The number of hydrogen-bond acceptors (Lipinski definition) is 10. The van der Waals surface area contributed by atoms with Gasteiger partial charge >= 0.3 is 0 Å². The molecule has 1 aliphatic rings. The number of hydrogen-bond donors (Lipinski definition) is 0. The Balaban J connectivity index is 2.02. The van der Waals surface area contributed by atoms with Crippen LogP contribution in [0.25, 0.3) is 10.5 Å². The zero-order valence-corrected chi connectivity index (χ0v) is 20.4. The lowest BCUT2D eigenvalue weighted by Gasteiger charge is -2.22. The van der Waals surface area contributed by atoms with Crippen molar-refractivity contribution < 1.29 is 42.7 Å². The molecule has 1 heterocycles. The molecule has 3 aromatic rings. The fourth-order valence-electron chi connectivity index (χ4n) is 3.56. The molecule has 4 rings (SSSR count). The monoisotopic (exact) mass is 559 g/mol. The van der Waals surface area contributed by atoms with Gasteiger partial charge in [0, 0.05) is 36.4 Å². The van der Waals surface area contributed by atoms with E-state index in [1.165, 1.54) is 72.8 Å². The van der Waals surface area contributed by atoms with Gasteiger partial charge in [0.2, 0.25) is 0 Å². The number of rotatable bonds is 8. The molecular weight excluding hydrogens is 546 g/mol. The molecule has 1 unspecified atom stereocenters. The summed E-state index contributed by atoms with van der Waals surface area (Å²) in [6, 6.07) is 15.7. The second-order valence-corrected chi connectivity index (χ2v) is 10.3. The molecule has 0 saturated carbocycles. The molecular formula is C23H14ClN3O10S. The van der Waals surface area contributed by atoms with E-state index in [1.807, 2.05) is 0 Å². The van der Waals surface area contributed by atoms with Crippen molar-refractivity contribution in [2.24, 2.45) is 0 Å². The number of nitro benzene ring substituents is 3. The third-order valence-corrected chi connectivity index (χ3v) is 7.83. The van der Waals surface area contributed by atoms with Crippen molar-refractivity contribution in [2.45, 2.75) is 0 Å². The third kappa shape index (κ3) is 5.97. The summed E-state index contributed by atoms with van der Waals surface area (Å²) in [5.41, 5.74) is 0.280. The third-order valence-electron chi connectivity index (χ3n) is 5.21. The Morgan fingerprint density at radius 2 is 1.16 bits per heavy atom. The molecule has 0 aliphatic carbocycles. The fraction of sp³-hybridized carbons (Fsp3) is 0. The van der Waals surface area contributed by atoms with Gasteiger partial charge in [-0.15, -0.1) is 0 Å². The van der Waals surface area contributed by atoms with Gasteiger partial charge in [-0.1, -0.05) is 24.3 Å². The fourth-order valence-corrected chi connectivity index (χ4v) is 6.11. The molecule has 0 aromatic heterocycles. The second-order valence-electron chi connectivity index (χ2n) is 7.60. The van der Waals surface area contributed by atoms with E-state index in [4.69, 9.17) is 3.74 Å². The highest BCUT2D eigenvalue weighted by atomic mass is 35.7. The topological polar surface area (TPSA) is 208 Å². The molecule has 0 amide bonds. The Hall–Kier alpha value is -4.31. The molecule has 1 aliphatic heterocycles. The van der Waals surface area contributed by atoms with Crippen LogP contribution in [0.1, 0.15) is 16.7 Å². The van der Waals surface area contributed by atoms with Crippen molar-refractivity contribution in [2.75, 3.05) is 0 Å². The van der Waals surface area contributed by atoms with E-state index in [-0.39, 0.29) is 38.0 Å². The van der Waals surface area contributed by atoms with Crippen LogP contribution in [0.15, 0.2) is 84.9 Å². The summed E-state index contributed by atoms with van der Waals surface area (Å²) in [5, 5.41) is 33.8. The summed E-state index contributed by atoms with van der Waals surface area (Å²) in [6.45, 7) is 0. The first-order chi connectivity index (χ1) is 17.9. The van der Waals surface area contributed by atoms with E-state index in [9.17, 15) is 44.3 Å². The summed E-state index contributed by atoms with van der Waals surface area (Å²) in [7, 11) is -7.02. The Bertz CT molecular complexity index is 1560. The highest BCUT2D eigenvalue weighted by Gasteiger charge is 2.33. The van der Waals surface area contributed by atoms with Crippen molar-refractivity contribution in [3.8, 4) is 0 Å². The van der Waals surface area contributed by atoms with E-state index in [1.54, 1.807) is 0 Å². The summed E-state index contributed by atoms with van der Waals surface area (Å²) < 4.78 is 40.0. The zero-order chi connectivity index (χ0) is 27.6.